The Labute approximate surface area is 119 Å². The second-order valence-electron chi connectivity index (χ2n) is 5.66. The average Bonchev–Trinajstić information content (AvgIpc) is 3.24. The monoisotopic (exact) mass is 280 g/mol. The minimum absolute atomic E-state index is 0.0538. The van der Waals surface area contributed by atoms with E-state index in [4.69, 9.17) is 11.6 Å². The molecule has 2 aliphatic rings. The summed E-state index contributed by atoms with van der Waals surface area (Å²) >= 11 is 5.98. The molecular weight excluding hydrogens is 260 g/mol. The van der Waals surface area contributed by atoms with Gasteiger partial charge in [0, 0.05) is 49.0 Å². The molecule has 19 heavy (non-hydrogen) atoms. The molecule has 1 aromatic rings. The molecule has 104 valence electrons. The van der Waals surface area contributed by atoms with E-state index in [-0.39, 0.29) is 6.61 Å². The van der Waals surface area contributed by atoms with Crippen LogP contribution < -0.4 is 4.90 Å². The van der Waals surface area contributed by atoms with Crippen LogP contribution in [0, 0.1) is 5.92 Å². The maximum absolute atomic E-state index is 9.46. The van der Waals surface area contributed by atoms with Gasteiger partial charge in [-0.25, -0.2) is 0 Å². The highest BCUT2D eigenvalue weighted by molar-refractivity contribution is 6.30. The van der Waals surface area contributed by atoms with Gasteiger partial charge < -0.3 is 10.0 Å². The lowest BCUT2D eigenvalue weighted by Gasteiger charge is -2.37. The topological polar surface area (TPSA) is 26.7 Å². The highest BCUT2D eigenvalue weighted by Gasteiger charge is 2.26. The van der Waals surface area contributed by atoms with Crippen molar-refractivity contribution in [3.63, 3.8) is 0 Å². The third-order valence-electron chi connectivity index (χ3n) is 4.14. The van der Waals surface area contributed by atoms with Gasteiger partial charge in [-0.05, 0) is 37.0 Å². The van der Waals surface area contributed by atoms with Gasteiger partial charge in [-0.15, -0.1) is 0 Å². The molecule has 1 aromatic carbocycles. The number of rotatable bonds is 4. The fourth-order valence-electron chi connectivity index (χ4n) is 2.83. The highest BCUT2D eigenvalue weighted by Crippen LogP contribution is 2.30. The van der Waals surface area contributed by atoms with Crippen LogP contribution in [-0.2, 0) is 6.61 Å². The lowest BCUT2D eigenvalue weighted by atomic mass is 10.1. The molecular formula is C15H21ClN2O. The van der Waals surface area contributed by atoms with Crippen LogP contribution in [-0.4, -0.2) is 42.7 Å². The van der Waals surface area contributed by atoms with Gasteiger partial charge in [-0.3, -0.25) is 4.90 Å². The third-order valence-corrected chi connectivity index (χ3v) is 4.37. The number of hydrogen-bond donors (Lipinski definition) is 1. The first kappa shape index (κ1) is 13.2. The van der Waals surface area contributed by atoms with Crippen molar-refractivity contribution in [1.82, 2.24) is 4.90 Å². The lowest BCUT2D eigenvalue weighted by molar-refractivity contribution is 0.246. The van der Waals surface area contributed by atoms with Crippen molar-refractivity contribution in [3.05, 3.63) is 28.8 Å². The summed E-state index contributed by atoms with van der Waals surface area (Å²) < 4.78 is 0. The lowest BCUT2D eigenvalue weighted by Crippen LogP contribution is -2.47. The zero-order valence-corrected chi connectivity index (χ0v) is 11.9. The molecule has 1 aliphatic heterocycles. The van der Waals surface area contributed by atoms with Gasteiger partial charge in [-0.1, -0.05) is 11.6 Å². The fraction of sp³-hybridized carbons (Fsp3) is 0.600. The smallest absolute Gasteiger partial charge is 0.0702 e. The van der Waals surface area contributed by atoms with Crippen LogP contribution >= 0.6 is 11.6 Å². The molecule has 3 nitrogen and oxygen atoms in total. The first-order chi connectivity index (χ1) is 9.26. The first-order valence-corrected chi connectivity index (χ1v) is 7.50. The maximum Gasteiger partial charge on any atom is 0.0702 e. The predicted molar refractivity (Wildman–Crippen MR) is 78.8 cm³/mol. The normalized spacial score (nSPS) is 20.8. The molecule has 1 saturated carbocycles. The summed E-state index contributed by atoms with van der Waals surface area (Å²) in [6.45, 7) is 5.68. The number of piperazine rings is 1. The van der Waals surface area contributed by atoms with Crippen LogP contribution in [0.5, 0.6) is 0 Å². The summed E-state index contributed by atoms with van der Waals surface area (Å²) in [6.07, 6.45) is 2.85. The molecule has 0 atom stereocenters. The second-order valence-corrected chi connectivity index (χ2v) is 6.10. The number of halogens is 1. The molecule has 3 rings (SSSR count). The molecule has 4 heteroatoms. The van der Waals surface area contributed by atoms with E-state index < -0.39 is 0 Å². The second kappa shape index (κ2) is 5.70. The van der Waals surface area contributed by atoms with Crippen molar-refractivity contribution < 1.29 is 5.11 Å². The first-order valence-electron chi connectivity index (χ1n) is 7.13. The summed E-state index contributed by atoms with van der Waals surface area (Å²) in [6, 6.07) is 5.81. The molecule has 1 saturated heterocycles. The Morgan fingerprint density at radius 2 is 1.89 bits per heavy atom. The predicted octanol–water partition coefficient (Wildman–Crippen LogP) is 2.36. The number of anilines is 1. The molecule has 0 amide bonds. The van der Waals surface area contributed by atoms with Crippen molar-refractivity contribution in [2.45, 2.75) is 19.4 Å². The molecule has 2 fully saturated rings. The summed E-state index contributed by atoms with van der Waals surface area (Å²) in [5.41, 5.74) is 2.07. The van der Waals surface area contributed by atoms with E-state index in [2.05, 4.69) is 9.80 Å². The summed E-state index contributed by atoms with van der Waals surface area (Å²) in [5, 5.41) is 10.2. The van der Waals surface area contributed by atoms with Crippen molar-refractivity contribution in [1.29, 1.82) is 0 Å². The van der Waals surface area contributed by atoms with Crippen molar-refractivity contribution in [2.24, 2.45) is 5.92 Å². The minimum Gasteiger partial charge on any atom is -0.392 e. The van der Waals surface area contributed by atoms with Gasteiger partial charge in [0.05, 0.1) is 6.61 Å². The van der Waals surface area contributed by atoms with Crippen LogP contribution in [0.15, 0.2) is 18.2 Å². The molecule has 0 spiro atoms. The van der Waals surface area contributed by atoms with Gasteiger partial charge in [0.15, 0.2) is 0 Å². The summed E-state index contributed by atoms with van der Waals surface area (Å²) in [7, 11) is 0. The minimum atomic E-state index is 0.0538. The summed E-state index contributed by atoms with van der Waals surface area (Å²) in [4.78, 5) is 4.94. The molecule has 0 aromatic heterocycles. The Hall–Kier alpha value is -0.770. The zero-order valence-electron chi connectivity index (χ0n) is 11.2. The van der Waals surface area contributed by atoms with Gasteiger partial charge in [0.2, 0.25) is 0 Å². The van der Waals surface area contributed by atoms with Gasteiger partial charge >= 0.3 is 0 Å². The number of hydrogen-bond acceptors (Lipinski definition) is 3. The van der Waals surface area contributed by atoms with Crippen molar-refractivity contribution in [2.75, 3.05) is 37.6 Å². The molecule has 0 bridgehead atoms. The number of aliphatic hydroxyl groups excluding tert-OH is 1. The van der Waals surface area contributed by atoms with Gasteiger partial charge in [0.1, 0.15) is 0 Å². The van der Waals surface area contributed by atoms with Crippen molar-refractivity contribution in [3.8, 4) is 0 Å². The quantitative estimate of drug-likeness (QED) is 0.917. The van der Waals surface area contributed by atoms with Crippen LogP contribution in [0.25, 0.3) is 0 Å². The van der Waals surface area contributed by atoms with E-state index in [1.807, 2.05) is 18.2 Å². The largest absolute Gasteiger partial charge is 0.392 e. The molecule has 1 N–H and O–H groups in total. The SMILES string of the molecule is OCc1cc(Cl)ccc1N1CCN(CC2CC2)CC1. The van der Waals surface area contributed by atoms with E-state index in [0.29, 0.717) is 5.02 Å². The number of benzene rings is 1. The molecule has 1 heterocycles. The highest BCUT2D eigenvalue weighted by atomic mass is 35.5. The van der Waals surface area contributed by atoms with Crippen LogP contribution in [0.3, 0.4) is 0 Å². The Balaban J connectivity index is 1.63. The summed E-state index contributed by atoms with van der Waals surface area (Å²) in [5.74, 6) is 0.968. The standard InChI is InChI=1S/C15H21ClN2O/c16-14-3-4-15(13(9-14)11-19)18-7-5-17(6-8-18)10-12-1-2-12/h3-4,9,12,19H,1-2,5-8,10-11H2. The Morgan fingerprint density at radius 1 is 1.16 bits per heavy atom. The Kier molecular flexibility index (Phi) is 3.96. The van der Waals surface area contributed by atoms with Crippen LogP contribution in [0.2, 0.25) is 5.02 Å². The van der Waals surface area contributed by atoms with E-state index >= 15 is 0 Å². The van der Waals surface area contributed by atoms with E-state index in [0.717, 1.165) is 43.3 Å². The van der Waals surface area contributed by atoms with Crippen molar-refractivity contribution >= 4 is 17.3 Å². The van der Waals surface area contributed by atoms with E-state index in [9.17, 15) is 5.11 Å². The molecule has 1 aliphatic carbocycles. The molecule has 0 radical (unpaired) electrons. The molecule has 0 unspecified atom stereocenters. The Morgan fingerprint density at radius 3 is 2.53 bits per heavy atom. The third kappa shape index (κ3) is 3.22. The fourth-order valence-corrected chi connectivity index (χ4v) is 3.02. The zero-order chi connectivity index (χ0) is 13.2. The van der Waals surface area contributed by atoms with Crippen LogP contribution in [0.1, 0.15) is 18.4 Å². The van der Waals surface area contributed by atoms with Gasteiger partial charge in [0.25, 0.3) is 0 Å². The maximum atomic E-state index is 9.46. The van der Waals surface area contributed by atoms with Crippen LogP contribution in [0.4, 0.5) is 5.69 Å². The van der Waals surface area contributed by atoms with Gasteiger partial charge in [-0.2, -0.15) is 0 Å². The number of aliphatic hydroxyl groups is 1. The van der Waals surface area contributed by atoms with E-state index in [1.165, 1.54) is 19.4 Å². The Bertz CT molecular complexity index is 440. The average molecular weight is 281 g/mol. The number of nitrogens with zero attached hydrogens (tertiary/aromatic N) is 2. The van der Waals surface area contributed by atoms with E-state index in [1.54, 1.807) is 0 Å².